The number of ether oxygens (including phenoxy) is 1. The molecule has 0 atom stereocenters. The van der Waals surface area contributed by atoms with Crippen molar-refractivity contribution in [1.82, 2.24) is 0 Å². The van der Waals surface area contributed by atoms with E-state index in [0.717, 1.165) is 44.5 Å². The van der Waals surface area contributed by atoms with Crippen LogP contribution >= 0.6 is 0 Å². The van der Waals surface area contributed by atoms with Crippen molar-refractivity contribution in [1.29, 1.82) is 5.26 Å². The summed E-state index contributed by atoms with van der Waals surface area (Å²) >= 11 is 0. The quantitative estimate of drug-likeness (QED) is 0.184. The van der Waals surface area contributed by atoms with Gasteiger partial charge in [0.15, 0.2) is 0 Å². The van der Waals surface area contributed by atoms with Crippen LogP contribution < -0.4 is 4.74 Å². The predicted octanol–water partition coefficient (Wildman–Crippen LogP) is 12.9. The summed E-state index contributed by atoms with van der Waals surface area (Å²) in [7, 11) is 0. The van der Waals surface area contributed by atoms with Crippen LogP contribution in [-0.4, -0.2) is 0 Å². The van der Waals surface area contributed by atoms with Gasteiger partial charge in [-0.3, -0.25) is 0 Å². The molecule has 1 heterocycles. The molecule has 0 fully saturated rings. The lowest BCUT2D eigenvalue weighted by molar-refractivity contribution is 0.487. The molecule has 1 aliphatic rings. The van der Waals surface area contributed by atoms with Crippen molar-refractivity contribution >= 4 is 43.1 Å². The minimum atomic E-state index is 0.598. The van der Waals surface area contributed by atoms with Crippen LogP contribution in [0.3, 0.4) is 0 Å². The van der Waals surface area contributed by atoms with Gasteiger partial charge in [0.05, 0.1) is 11.6 Å². The average Bonchev–Trinajstić information content (AvgIpc) is 3.17. The van der Waals surface area contributed by atoms with Crippen molar-refractivity contribution in [3.63, 3.8) is 0 Å². The second-order valence-electron chi connectivity index (χ2n) is 12.8. The molecule has 9 aromatic carbocycles. The molecule has 2 heteroatoms. The Kier molecular flexibility index (Phi) is 5.97. The van der Waals surface area contributed by atoms with Gasteiger partial charge in [0.1, 0.15) is 11.5 Å². The normalized spacial score (nSPS) is 11.8. The first-order valence-electron chi connectivity index (χ1n) is 16.6. The lowest BCUT2D eigenvalue weighted by Crippen LogP contribution is -1.98. The maximum absolute atomic E-state index is 9.60. The van der Waals surface area contributed by atoms with E-state index in [2.05, 4.69) is 146 Å². The Labute approximate surface area is 283 Å². The van der Waals surface area contributed by atoms with Crippen LogP contribution in [0.2, 0.25) is 0 Å². The van der Waals surface area contributed by atoms with Gasteiger partial charge in [-0.05, 0) is 113 Å². The summed E-state index contributed by atoms with van der Waals surface area (Å²) in [6.07, 6.45) is 0. The number of nitriles is 1. The van der Waals surface area contributed by atoms with Crippen molar-refractivity contribution in [2.45, 2.75) is 0 Å². The first kappa shape index (κ1) is 27.4. The maximum Gasteiger partial charge on any atom is 0.137 e. The maximum atomic E-state index is 9.60. The summed E-state index contributed by atoms with van der Waals surface area (Å²) in [4.78, 5) is 0. The molecule has 9 aromatic rings. The molecule has 0 aromatic heterocycles. The van der Waals surface area contributed by atoms with Gasteiger partial charge in [-0.2, -0.15) is 5.26 Å². The van der Waals surface area contributed by atoms with Crippen LogP contribution in [0.4, 0.5) is 0 Å². The Morgan fingerprint density at radius 2 is 0.959 bits per heavy atom. The molecular weight excluding hydrogens is 595 g/mol. The summed E-state index contributed by atoms with van der Waals surface area (Å²) in [5.41, 5.74) is 9.88. The van der Waals surface area contributed by atoms with Crippen molar-refractivity contribution in [3.8, 4) is 62.1 Å². The zero-order chi connectivity index (χ0) is 32.5. The SMILES string of the molecule is N#Cc1cc2c3c(cccc3c1)-c1ccc(-c3ccc(-c4cc5c6ccccc6c(-c6ccccc6)cc5c5ccccc45)cc3)cc1O2. The summed E-state index contributed by atoms with van der Waals surface area (Å²) in [5.74, 6) is 1.54. The van der Waals surface area contributed by atoms with Gasteiger partial charge in [0.2, 0.25) is 0 Å². The van der Waals surface area contributed by atoms with Crippen LogP contribution in [0.25, 0.3) is 87.6 Å². The highest BCUT2D eigenvalue weighted by atomic mass is 16.5. The highest BCUT2D eigenvalue weighted by molar-refractivity contribution is 6.23. The van der Waals surface area contributed by atoms with Gasteiger partial charge < -0.3 is 4.74 Å². The van der Waals surface area contributed by atoms with Crippen LogP contribution in [-0.2, 0) is 0 Å². The molecule has 226 valence electrons. The fraction of sp³-hybridized carbons (Fsp3) is 0. The third-order valence-corrected chi connectivity index (χ3v) is 10.1. The first-order chi connectivity index (χ1) is 24.2. The number of hydrogen-bond donors (Lipinski definition) is 0. The fourth-order valence-electron chi connectivity index (χ4n) is 7.77. The van der Waals surface area contributed by atoms with Crippen molar-refractivity contribution in [2.75, 3.05) is 0 Å². The smallest absolute Gasteiger partial charge is 0.137 e. The Morgan fingerprint density at radius 1 is 0.367 bits per heavy atom. The number of hydrogen-bond acceptors (Lipinski definition) is 2. The van der Waals surface area contributed by atoms with E-state index >= 15 is 0 Å². The summed E-state index contributed by atoms with van der Waals surface area (Å²) in [5, 5.41) is 19.2. The molecule has 0 N–H and O–H groups in total. The second-order valence-corrected chi connectivity index (χ2v) is 12.8. The van der Waals surface area contributed by atoms with E-state index in [-0.39, 0.29) is 0 Å². The van der Waals surface area contributed by atoms with E-state index in [1.165, 1.54) is 54.6 Å². The highest BCUT2D eigenvalue weighted by Crippen LogP contribution is 2.48. The molecule has 10 rings (SSSR count). The van der Waals surface area contributed by atoms with Gasteiger partial charge in [0, 0.05) is 10.9 Å². The number of fused-ring (bicyclic) bond motifs is 7. The van der Waals surface area contributed by atoms with Gasteiger partial charge in [-0.25, -0.2) is 0 Å². The Bertz CT molecular complexity index is 2840. The second kappa shape index (κ2) is 10.7. The summed E-state index contributed by atoms with van der Waals surface area (Å²) < 4.78 is 6.46. The van der Waals surface area contributed by atoms with E-state index in [1.54, 1.807) is 0 Å². The van der Waals surface area contributed by atoms with Crippen molar-refractivity contribution in [2.24, 2.45) is 0 Å². The molecular formula is C47H27NO. The largest absolute Gasteiger partial charge is 0.456 e. The fourth-order valence-corrected chi connectivity index (χ4v) is 7.77. The molecule has 1 aliphatic heterocycles. The van der Waals surface area contributed by atoms with Crippen LogP contribution in [0.5, 0.6) is 11.5 Å². The molecule has 0 aliphatic carbocycles. The van der Waals surface area contributed by atoms with Gasteiger partial charge >= 0.3 is 0 Å². The molecule has 0 bridgehead atoms. The van der Waals surface area contributed by atoms with Gasteiger partial charge in [0.25, 0.3) is 0 Å². The minimum absolute atomic E-state index is 0.598. The topological polar surface area (TPSA) is 33.0 Å². The first-order valence-corrected chi connectivity index (χ1v) is 16.6. The van der Waals surface area contributed by atoms with Gasteiger partial charge in [-0.1, -0.05) is 127 Å². The molecule has 49 heavy (non-hydrogen) atoms. The standard InChI is InChI=1S/C47H27NO/c48-28-29-23-34-11-8-16-40-39-22-21-33(25-45(39)49-46(24-29)47(34)40)30-17-19-32(20-18-30)42-27-44-37-14-6-4-12-35(37)41(31-9-2-1-3-10-31)26-43(44)38-15-7-5-13-36(38)42/h1-27H. The van der Waals surface area contributed by atoms with Crippen molar-refractivity contribution < 1.29 is 4.74 Å². The molecule has 2 nitrogen and oxygen atoms in total. The van der Waals surface area contributed by atoms with Crippen LogP contribution in [0.1, 0.15) is 5.56 Å². The number of rotatable bonds is 3. The lowest BCUT2D eigenvalue weighted by Gasteiger charge is -2.22. The Morgan fingerprint density at radius 3 is 1.63 bits per heavy atom. The number of benzene rings is 9. The predicted molar refractivity (Wildman–Crippen MR) is 203 cm³/mol. The van der Waals surface area contributed by atoms with E-state index in [4.69, 9.17) is 4.74 Å². The summed E-state index contributed by atoms with van der Waals surface area (Å²) in [6.45, 7) is 0. The zero-order valence-electron chi connectivity index (χ0n) is 26.4. The molecule has 0 saturated carbocycles. The Hall–Kier alpha value is -6.69. The average molecular weight is 622 g/mol. The van der Waals surface area contributed by atoms with E-state index in [0.29, 0.717) is 5.56 Å². The van der Waals surface area contributed by atoms with Crippen LogP contribution in [0, 0.1) is 11.3 Å². The summed E-state index contributed by atoms with van der Waals surface area (Å²) in [6, 6.07) is 60.6. The third kappa shape index (κ3) is 4.27. The van der Waals surface area contributed by atoms with Crippen molar-refractivity contribution in [3.05, 3.63) is 169 Å². The highest BCUT2D eigenvalue weighted by Gasteiger charge is 2.21. The third-order valence-electron chi connectivity index (χ3n) is 10.1. The molecule has 0 radical (unpaired) electrons. The van der Waals surface area contributed by atoms with E-state index in [9.17, 15) is 5.26 Å². The minimum Gasteiger partial charge on any atom is -0.456 e. The van der Waals surface area contributed by atoms with E-state index < -0.39 is 0 Å². The molecule has 0 spiro atoms. The van der Waals surface area contributed by atoms with E-state index in [1.807, 2.05) is 24.3 Å². The molecule has 0 saturated heterocycles. The number of nitrogens with zero attached hydrogens (tertiary/aromatic N) is 1. The molecule has 0 amide bonds. The molecule has 0 unspecified atom stereocenters. The Balaban J connectivity index is 1.09. The zero-order valence-corrected chi connectivity index (χ0v) is 26.4. The van der Waals surface area contributed by atoms with Gasteiger partial charge in [-0.15, -0.1) is 0 Å². The monoisotopic (exact) mass is 621 g/mol. The van der Waals surface area contributed by atoms with Crippen LogP contribution in [0.15, 0.2) is 164 Å². The lowest BCUT2D eigenvalue weighted by atomic mass is 9.87.